The zero-order chi connectivity index (χ0) is 17.4. The Labute approximate surface area is 156 Å². The fourth-order valence-corrected chi connectivity index (χ4v) is 4.16. The summed E-state index contributed by atoms with van der Waals surface area (Å²) in [7, 11) is 0. The Morgan fingerprint density at radius 2 is 2.08 bits per heavy atom. The standard InChI is InChI=1S/C17H24BrN3O2S/c1-13(22)20-16(12-24-15-6-4-5-14(18)11-15)17(23)19-7-10-21-8-2-3-9-21/h4-6,11,16H,2-3,7-10,12H2,1H3,(H,19,23)(H,20,22). The van der Waals surface area contributed by atoms with Gasteiger partial charge in [0.2, 0.25) is 11.8 Å². The van der Waals surface area contributed by atoms with Gasteiger partial charge in [-0.2, -0.15) is 0 Å². The molecule has 0 radical (unpaired) electrons. The van der Waals surface area contributed by atoms with Crippen molar-refractivity contribution in [3.63, 3.8) is 0 Å². The van der Waals surface area contributed by atoms with Gasteiger partial charge in [-0.1, -0.05) is 22.0 Å². The molecule has 0 aliphatic carbocycles. The second kappa shape index (κ2) is 10.1. The van der Waals surface area contributed by atoms with E-state index in [2.05, 4.69) is 31.5 Å². The molecule has 2 amide bonds. The van der Waals surface area contributed by atoms with E-state index in [4.69, 9.17) is 0 Å². The molecule has 1 aliphatic heterocycles. The average molecular weight is 414 g/mol. The minimum absolute atomic E-state index is 0.119. The lowest BCUT2D eigenvalue weighted by molar-refractivity contribution is -0.127. The van der Waals surface area contributed by atoms with Crippen LogP contribution in [0.15, 0.2) is 33.6 Å². The van der Waals surface area contributed by atoms with Gasteiger partial charge in [-0.05, 0) is 44.1 Å². The molecular weight excluding hydrogens is 390 g/mol. The van der Waals surface area contributed by atoms with Crippen molar-refractivity contribution in [2.75, 3.05) is 31.9 Å². The molecule has 24 heavy (non-hydrogen) atoms. The van der Waals surface area contributed by atoms with Gasteiger partial charge >= 0.3 is 0 Å². The van der Waals surface area contributed by atoms with Crippen LogP contribution < -0.4 is 10.6 Å². The van der Waals surface area contributed by atoms with Crippen LogP contribution in [0, 0.1) is 0 Å². The van der Waals surface area contributed by atoms with E-state index in [0.29, 0.717) is 12.3 Å². The summed E-state index contributed by atoms with van der Waals surface area (Å²) in [5.74, 6) is 0.197. The molecule has 132 valence electrons. The SMILES string of the molecule is CC(=O)NC(CSc1cccc(Br)c1)C(=O)NCCN1CCCC1. The Morgan fingerprint density at radius 3 is 2.75 bits per heavy atom. The molecule has 2 rings (SSSR count). The number of benzene rings is 1. The smallest absolute Gasteiger partial charge is 0.243 e. The fraction of sp³-hybridized carbons (Fsp3) is 0.529. The van der Waals surface area contributed by atoms with Crippen molar-refractivity contribution in [2.24, 2.45) is 0 Å². The lowest BCUT2D eigenvalue weighted by atomic mass is 10.3. The third-order valence-corrected chi connectivity index (χ3v) is 5.41. The molecule has 0 aromatic heterocycles. The third-order valence-electron chi connectivity index (χ3n) is 3.83. The summed E-state index contributed by atoms with van der Waals surface area (Å²) in [6, 6.07) is 7.38. The number of carbonyl (C=O) groups is 2. The van der Waals surface area contributed by atoms with Crippen molar-refractivity contribution < 1.29 is 9.59 Å². The first-order valence-electron chi connectivity index (χ1n) is 8.20. The quantitative estimate of drug-likeness (QED) is 0.641. The van der Waals surface area contributed by atoms with E-state index in [-0.39, 0.29) is 11.8 Å². The maximum absolute atomic E-state index is 12.4. The minimum atomic E-state index is -0.523. The second-order valence-electron chi connectivity index (χ2n) is 5.86. The van der Waals surface area contributed by atoms with Crippen molar-refractivity contribution >= 4 is 39.5 Å². The van der Waals surface area contributed by atoms with Crippen molar-refractivity contribution in [3.05, 3.63) is 28.7 Å². The fourth-order valence-electron chi connectivity index (χ4n) is 2.63. The van der Waals surface area contributed by atoms with E-state index in [0.717, 1.165) is 29.0 Å². The number of hydrogen-bond acceptors (Lipinski definition) is 4. The number of nitrogens with one attached hydrogen (secondary N) is 2. The molecule has 1 aliphatic rings. The van der Waals surface area contributed by atoms with Crippen LogP contribution in [-0.2, 0) is 9.59 Å². The first-order chi connectivity index (χ1) is 11.5. The number of hydrogen-bond donors (Lipinski definition) is 2. The molecule has 0 saturated carbocycles. The lowest BCUT2D eigenvalue weighted by Gasteiger charge is -2.19. The Kier molecular flexibility index (Phi) is 8.08. The number of thioether (sulfide) groups is 1. The van der Waals surface area contributed by atoms with Crippen LogP contribution in [0.25, 0.3) is 0 Å². The van der Waals surface area contributed by atoms with Crippen LogP contribution in [0.4, 0.5) is 0 Å². The Morgan fingerprint density at radius 1 is 1.33 bits per heavy atom. The number of likely N-dealkylation sites (tertiary alicyclic amines) is 1. The van der Waals surface area contributed by atoms with Gasteiger partial charge < -0.3 is 15.5 Å². The van der Waals surface area contributed by atoms with Crippen LogP contribution in [0.5, 0.6) is 0 Å². The molecule has 1 heterocycles. The second-order valence-corrected chi connectivity index (χ2v) is 7.87. The van der Waals surface area contributed by atoms with Gasteiger partial charge in [0.05, 0.1) is 0 Å². The third kappa shape index (κ3) is 6.83. The summed E-state index contributed by atoms with van der Waals surface area (Å²) in [4.78, 5) is 27.2. The molecule has 1 fully saturated rings. The molecule has 0 spiro atoms. The van der Waals surface area contributed by atoms with Gasteiger partial charge in [0.15, 0.2) is 0 Å². The number of halogens is 1. The van der Waals surface area contributed by atoms with E-state index in [1.54, 1.807) is 11.8 Å². The zero-order valence-corrected chi connectivity index (χ0v) is 16.3. The lowest BCUT2D eigenvalue weighted by Crippen LogP contribution is -2.49. The summed E-state index contributed by atoms with van der Waals surface area (Å²) in [6.07, 6.45) is 2.48. The molecule has 5 nitrogen and oxygen atoms in total. The van der Waals surface area contributed by atoms with Crippen molar-refractivity contribution in [3.8, 4) is 0 Å². The van der Waals surface area contributed by atoms with Gasteiger partial charge in [-0.15, -0.1) is 11.8 Å². The van der Waals surface area contributed by atoms with Gasteiger partial charge in [0.1, 0.15) is 6.04 Å². The maximum atomic E-state index is 12.4. The number of amides is 2. The first-order valence-corrected chi connectivity index (χ1v) is 9.98. The highest BCUT2D eigenvalue weighted by Crippen LogP contribution is 2.22. The van der Waals surface area contributed by atoms with E-state index in [1.807, 2.05) is 24.3 Å². The van der Waals surface area contributed by atoms with E-state index < -0.39 is 6.04 Å². The summed E-state index contributed by atoms with van der Waals surface area (Å²) in [6.45, 7) is 5.16. The molecule has 7 heteroatoms. The number of rotatable bonds is 8. The molecule has 1 aromatic rings. The average Bonchev–Trinajstić information content (AvgIpc) is 3.04. The topological polar surface area (TPSA) is 61.4 Å². The van der Waals surface area contributed by atoms with Crippen LogP contribution in [-0.4, -0.2) is 54.7 Å². The molecular formula is C17H24BrN3O2S. The zero-order valence-electron chi connectivity index (χ0n) is 13.9. The van der Waals surface area contributed by atoms with Crippen LogP contribution in [0.2, 0.25) is 0 Å². The normalized spacial score (nSPS) is 15.9. The summed E-state index contributed by atoms with van der Waals surface area (Å²) in [5.41, 5.74) is 0. The van der Waals surface area contributed by atoms with Gasteiger partial charge in [-0.25, -0.2) is 0 Å². The predicted octanol–water partition coefficient (Wildman–Crippen LogP) is 2.26. The summed E-state index contributed by atoms with van der Waals surface area (Å²) in [5, 5.41) is 5.69. The van der Waals surface area contributed by atoms with Crippen molar-refractivity contribution in [1.29, 1.82) is 0 Å². The summed E-state index contributed by atoms with van der Waals surface area (Å²) >= 11 is 4.99. The van der Waals surface area contributed by atoms with Crippen molar-refractivity contribution in [1.82, 2.24) is 15.5 Å². The minimum Gasteiger partial charge on any atom is -0.353 e. The van der Waals surface area contributed by atoms with Crippen LogP contribution >= 0.6 is 27.7 Å². The Hall–Kier alpha value is -1.05. The molecule has 0 bridgehead atoms. The highest BCUT2D eigenvalue weighted by atomic mass is 79.9. The highest BCUT2D eigenvalue weighted by molar-refractivity contribution is 9.10. The maximum Gasteiger partial charge on any atom is 0.243 e. The van der Waals surface area contributed by atoms with E-state index in [1.165, 1.54) is 19.8 Å². The van der Waals surface area contributed by atoms with Gasteiger partial charge in [0, 0.05) is 35.1 Å². The van der Waals surface area contributed by atoms with Crippen LogP contribution in [0.1, 0.15) is 19.8 Å². The molecule has 1 atom stereocenters. The largest absolute Gasteiger partial charge is 0.353 e. The number of nitrogens with zero attached hydrogens (tertiary/aromatic N) is 1. The Bertz CT molecular complexity index is 565. The highest BCUT2D eigenvalue weighted by Gasteiger charge is 2.20. The van der Waals surface area contributed by atoms with E-state index >= 15 is 0 Å². The molecule has 1 unspecified atom stereocenters. The first kappa shape index (κ1) is 19.3. The predicted molar refractivity (Wildman–Crippen MR) is 101 cm³/mol. The van der Waals surface area contributed by atoms with Crippen molar-refractivity contribution in [2.45, 2.75) is 30.7 Å². The molecule has 1 saturated heterocycles. The number of carbonyl (C=O) groups excluding carboxylic acids is 2. The monoisotopic (exact) mass is 413 g/mol. The van der Waals surface area contributed by atoms with E-state index in [9.17, 15) is 9.59 Å². The molecule has 2 N–H and O–H groups in total. The summed E-state index contributed by atoms with van der Waals surface area (Å²) < 4.78 is 0.999. The van der Waals surface area contributed by atoms with Gasteiger partial charge in [-0.3, -0.25) is 9.59 Å². The Balaban J connectivity index is 1.81. The van der Waals surface area contributed by atoms with Crippen LogP contribution in [0.3, 0.4) is 0 Å². The van der Waals surface area contributed by atoms with Gasteiger partial charge in [0.25, 0.3) is 0 Å². The molecule has 1 aromatic carbocycles.